The minimum Gasteiger partial charge on any atom is -0.493 e. The Kier molecular flexibility index (Phi) is 6.04. The minimum atomic E-state index is -0.201. The molecule has 0 fully saturated rings. The van der Waals surface area contributed by atoms with Crippen LogP contribution >= 0.6 is 11.6 Å². The molecule has 0 aliphatic heterocycles. The fourth-order valence-electron chi connectivity index (χ4n) is 1.84. The molecule has 1 amide bonds. The summed E-state index contributed by atoms with van der Waals surface area (Å²) in [5.41, 5.74) is 1.58. The Morgan fingerprint density at radius 2 is 1.91 bits per heavy atom. The molecule has 2 aromatic rings. The first-order valence-corrected chi connectivity index (χ1v) is 7.53. The van der Waals surface area contributed by atoms with Crippen molar-refractivity contribution in [1.29, 1.82) is 0 Å². The Morgan fingerprint density at radius 3 is 2.64 bits per heavy atom. The Labute approximate surface area is 135 Å². The van der Waals surface area contributed by atoms with Gasteiger partial charge in [-0.1, -0.05) is 36.7 Å². The van der Waals surface area contributed by atoms with E-state index in [1.54, 1.807) is 30.3 Å². The lowest BCUT2D eigenvalue weighted by Gasteiger charge is -2.07. The molecule has 0 spiro atoms. The lowest BCUT2D eigenvalue weighted by atomic mass is 10.2. The number of halogens is 1. The van der Waals surface area contributed by atoms with Crippen molar-refractivity contribution in [2.75, 3.05) is 11.9 Å². The molecule has 3 nitrogen and oxygen atoms in total. The van der Waals surface area contributed by atoms with Gasteiger partial charge in [0.15, 0.2) is 0 Å². The summed E-state index contributed by atoms with van der Waals surface area (Å²) in [6, 6.07) is 14.6. The van der Waals surface area contributed by atoms with E-state index in [0.29, 0.717) is 17.3 Å². The van der Waals surface area contributed by atoms with Crippen LogP contribution in [0.2, 0.25) is 5.02 Å². The Balaban J connectivity index is 2.01. The largest absolute Gasteiger partial charge is 0.493 e. The normalized spacial score (nSPS) is 10.6. The predicted octanol–water partition coefficient (Wildman–Crippen LogP) is 4.78. The first-order valence-electron chi connectivity index (χ1n) is 7.15. The van der Waals surface area contributed by atoms with Gasteiger partial charge in [0, 0.05) is 22.3 Å². The molecule has 2 aromatic carbocycles. The summed E-state index contributed by atoms with van der Waals surface area (Å²) in [6.45, 7) is 2.71. The second kappa shape index (κ2) is 8.25. The monoisotopic (exact) mass is 315 g/mol. The summed E-state index contributed by atoms with van der Waals surface area (Å²) in [6.07, 6.45) is 4.17. The number of para-hydroxylation sites is 1. The highest BCUT2D eigenvalue weighted by Gasteiger charge is 2.01. The van der Waals surface area contributed by atoms with Gasteiger partial charge in [0.2, 0.25) is 5.91 Å². The number of benzene rings is 2. The van der Waals surface area contributed by atoms with Gasteiger partial charge in [-0.2, -0.15) is 0 Å². The Morgan fingerprint density at radius 1 is 1.18 bits per heavy atom. The molecule has 0 saturated carbocycles. The number of hydrogen-bond acceptors (Lipinski definition) is 2. The first kappa shape index (κ1) is 16.1. The van der Waals surface area contributed by atoms with E-state index >= 15 is 0 Å². The van der Waals surface area contributed by atoms with Crippen LogP contribution in [0.25, 0.3) is 6.08 Å². The molecule has 0 aliphatic rings. The smallest absolute Gasteiger partial charge is 0.248 e. The van der Waals surface area contributed by atoms with Crippen LogP contribution in [0.1, 0.15) is 18.9 Å². The minimum absolute atomic E-state index is 0.201. The van der Waals surface area contributed by atoms with Crippen molar-refractivity contribution >= 4 is 29.3 Å². The number of nitrogens with one attached hydrogen (secondary N) is 1. The van der Waals surface area contributed by atoms with Crippen LogP contribution in [0.3, 0.4) is 0 Å². The number of anilines is 1. The van der Waals surface area contributed by atoms with Crippen LogP contribution in [0, 0.1) is 0 Å². The van der Waals surface area contributed by atoms with Crippen molar-refractivity contribution in [3.05, 3.63) is 65.2 Å². The van der Waals surface area contributed by atoms with Gasteiger partial charge in [0.25, 0.3) is 0 Å². The average Bonchev–Trinajstić information content (AvgIpc) is 2.54. The fraction of sp³-hybridized carbons (Fsp3) is 0.167. The third-order valence-corrected chi connectivity index (χ3v) is 3.16. The number of ether oxygens (including phenoxy) is 1. The summed E-state index contributed by atoms with van der Waals surface area (Å²) < 4.78 is 5.65. The van der Waals surface area contributed by atoms with Gasteiger partial charge in [0.05, 0.1) is 6.61 Å². The van der Waals surface area contributed by atoms with E-state index in [1.807, 2.05) is 24.3 Å². The molecule has 0 radical (unpaired) electrons. The highest BCUT2D eigenvalue weighted by molar-refractivity contribution is 6.30. The van der Waals surface area contributed by atoms with Crippen LogP contribution in [-0.4, -0.2) is 12.5 Å². The number of carbonyl (C=O) groups excluding carboxylic acids is 1. The summed E-state index contributed by atoms with van der Waals surface area (Å²) in [5, 5.41) is 3.41. The van der Waals surface area contributed by atoms with Crippen molar-refractivity contribution < 1.29 is 9.53 Å². The van der Waals surface area contributed by atoms with E-state index in [4.69, 9.17) is 16.3 Å². The van der Waals surface area contributed by atoms with Gasteiger partial charge in [0.1, 0.15) is 5.75 Å². The van der Waals surface area contributed by atoms with Crippen molar-refractivity contribution in [2.24, 2.45) is 0 Å². The lowest BCUT2D eigenvalue weighted by Crippen LogP contribution is -2.07. The van der Waals surface area contributed by atoms with Crippen LogP contribution in [0.15, 0.2) is 54.6 Å². The molecule has 0 heterocycles. The maximum atomic E-state index is 11.9. The number of carbonyl (C=O) groups is 1. The predicted molar refractivity (Wildman–Crippen MR) is 91.3 cm³/mol. The molecule has 0 saturated heterocycles. The summed E-state index contributed by atoms with van der Waals surface area (Å²) in [7, 11) is 0. The van der Waals surface area contributed by atoms with E-state index < -0.39 is 0 Å². The molecule has 0 aliphatic carbocycles. The molecule has 22 heavy (non-hydrogen) atoms. The molecular weight excluding hydrogens is 298 g/mol. The highest BCUT2D eigenvalue weighted by Crippen LogP contribution is 2.20. The number of amides is 1. The second-order valence-corrected chi connectivity index (χ2v) is 5.15. The molecule has 114 valence electrons. The highest BCUT2D eigenvalue weighted by atomic mass is 35.5. The van der Waals surface area contributed by atoms with Gasteiger partial charge in [-0.25, -0.2) is 0 Å². The Bertz CT molecular complexity index is 650. The van der Waals surface area contributed by atoms with E-state index in [9.17, 15) is 4.79 Å². The van der Waals surface area contributed by atoms with Crippen LogP contribution in [0.5, 0.6) is 5.75 Å². The summed E-state index contributed by atoms with van der Waals surface area (Å²) >= 11 is 5.81. The third kappa shape index (κ3) is 4.93. The number of hydrogen-bond donors (Lipinski definition) is 1. The van der Waals surface area contributed by atoms with Crippen LogP contribution < -0.4 is 10.1 Å². The standard InChI is InChI=1S/C18H18ClNO2/c1-2-13-22-17-6-4-3-5-14(17)7-12-18(21)20-16-10-8-15(19)9-11-16/h3-12H,2,13H2,1H3,(H,20,21). The SMILES string of the molecule is CCCOc1ccccc1C=CC(=O)Nc1ccc(Cl)cc1. The topological polar surface area (TPSA) is 38.3 Å². The third-order valence-electron chi connectivity index (χ3n) is 2.91. The second-order valence-electron chi connectivity index (χ2n) is 4.72. The zero-order chi connectivity index (χ0) is 15.8. The Hall–Kier alpha value is -2.26. The molecule has 0 unspecified atom stereocenters. The summed E-state index contributed by atoms with van der Waals surface area (Å²) in [5.74, 6) is 0.576. The van der Waals surface area contributed by atoms with Crippen molar-refractivity contribution in [3.8, 4) is 5.75 Å². The van der Waals surface area contributed by atoms with Gasteiger partial charge in [-0.3, -0.25) is 4.79 Å². The molecule has 0 bridgehead atoms. The van der Waals surface area contributed by atoms with Crippen LogP contribution in [-0.2, 0) is 4.79 Å². The maximum Gasteiger partial charge on any atom is 0.248 e. The van der Waals surface area contributed by atoms with Crippen molar-refractivity contribution in [1.82, 2.24) is 0 Å². The molecular formula is C18H18ClNO2. The van der Waals surface area contributed by atoms with E-state index in [1.165, 1.54) is 6.08 Å². The van der Waals surface area contributed by atoms with Crippen LogP contribution in [0.4, 0.5) is 5.69 Å². The zero-order valence-electron chi connectivity index (χ0n) is 12.4. The quantitative estimate of drug-likeness (QED) is 0.779. The molecule has 0 atom stereocenters. The average molecular weight is 316 g/mol. The summed E-state index contributed by atoms with van der Waals surface area (Å²) in [4.78, 5) is 11.9. The fourth-order valence-corrected chi connectivity index (χ4v) is 1.97. The maximum absolute atomic E-state index is 11.9. The lowest BCUT2D eigenvalue weighted by molar-refractivity contribution is -0.111. The molecule has 0 aromatic heterocycles. The van der Waals surface area contributed by atoms with Crippen molar-refractivity contribution in [3.63, 3.8) is 0 Å². The van der Waals surface area contributed by atoms with E-state index in [-0.39, 0.29) is 5.91 Å². The molecule has 1 N–H and O–H groups in total. The van der Waals surface area contributed by atoms with E-state index in [0.717, 1.165) is 17.7 Å². The number of rotatable bonds is 6. The van der Waals surface area contributed by atoms with Gasteiger partial charge >= 0.3 is 0 Å². The van der Waals surface area contributed by atoms with Gasteiger partial charge < -0.3 is 10.1 Å². The molecule has 2 rings (SSSR count). The van der Waals surface area contributed by atoms with Gasteiger partial charge in [-0.15, -0.1) is 0 Å². The molecule has 4 heteroatoms. The first-order chi connectivity index (χ1) is 10.7. The van der Waals surface area contributed by atoms with Gasteiger partial charge in [-0.05, 0) is 42.8 Å². The zero-order valence-corrected chi connectivity index (χ0v) is 13.1. The van der Waals surface area contributed by atoms with E-state index in [2.05, 4.69) is 12.2 Å². The van der Waals surface area contributed by atoms with Crippen molar-refractivity contribution in [2.45, 2.75) is 13.3 Å².